The summed E-state index contributed by atoms with van der Waals surface area (Å²) in [6.45, 7) is 2.05. The second kappa shape index (κ2) is 11.6. The molecule has 5 aromatic rings. The van der Waals surface area contributed by atoms with Crippen LogP contribution in [0.3, 0.4) is 0 Å². The zero-order valence-electron chi connectivity index (χ0n) is 23.3. The van der Waals surface area contributed by atoms with E-state index in [0.717, 1.165) is 16.1 Å². The van der Waals surface area contributed by atoms with E-state index in [-0.39, 0.29) is 18.1 Å². The molecule has 4 aromatic carbocycles. The molecule has 0 radical (unpaired) electrons. The van der Waals surface area contributed by atoms with Gasteiger partial charge in [-0.3, -0.25) is 13.9 Å². The number of ketones is 1. The fraction of sp³-hybridized carbons (Fsp3) is 0.152. The smallest absolute Gasteiger partial charge is 0.251 e. The Kier molecular flexibility index (Phi) is 7.95. The molecule has 1 amide bonds. The maximum absolute atomic E-state index is 13.6. The summed E-state index contributed by atoms with van der Waals surface area (Å²) in [4.78, 5) is 25.6. The van der Waals surface area contributed by atoms with Gasteiger partial charge < -0.3 is 9.73 Å². The number of hydrogen-bond donors (Lipinski definition) is 1. The molecule has 7 nitrogen and oxygen atoms in total. The standard InChI is InChI=1S/C33H29FN2O5S/c1-4-29(37)31-27-18-26(22-12-10-21(11-13-22)20-35-33(38)24-8-6-5-7-9-24)28(36(2)42(3,39)40)19-30(27)41-32(31)23-14-16-25(34)17-15-23/h5-19H,4,20H2,1-3H3,(H,35,38). The summed E-state index contributed by atoms with van der Waals surface area (Å²) in [5.74, 6) is -0.466. The Morgan fingerprint density at radius 3 is 2.17 bits per heavy atom. The van der Waals surface area contributed by atoms with Crippen LogP contribution in [0.4, 0.5) is 10.1 Å². The van der Waals surface area contributed by atoms with E-state index < -0.39 is 15.8 Å². The number of Topliss-reactive ketones (excluding diaryl/α,β-unsaturated/α-hetero) is 1. The molecule has 0 bridgehead atoms. The third-order valence-electron chi connectivity index (χ3n) is 7.10. The number of nitrogens with one attached hydrogen (secondary N) is 1. The predicted octanol–water partition coefficient (Wildman–Crippen LogP) is 6.82. The fourth-order valence-electron chi connectivity index (χ4n) is 4.74. The molecule has 0 unspecified atom stereocenters. The summed E-state index contributed by atoms with van der Waals surface area (Å²) < 4.78 is 46.2. The first kappa shape index (κ1) is 28.8. The van der Waals surface area contributed by atoms with Crippen LogP contribution in [0.15, 0.2) is 95.4 Å². The number of fused-ring (bicyclic) bond motifs is 1. The normalized spacial score (nSPS) is 11.4. The number of carbonyl (C=O) groups excluding carboxylic acids is 2. The van der Waals surface area contributed by atoms with Gasteiger partial charge >= 0.3 is 0 Å². The first-order chi connectivity index (χ1) is 20.1. The number of rotatable bonds is 9. The molecule has 0 aliphatic heterocycles. The van der Waals surface area contributed by atoms with Crippen LogP contribution < -0.4 is 9.62 Å². The molecule has 1 heterocycles. The highest BCUT2D eigenvalue weighted by Gasteiger charge is 2.25. The Bertz CT molecular complexity index is 1880. The van der Waals surface area contributed by atoms with E-state index in [0.29, 0.717) is 56.8 Å². The molecule has 9 heteroatoms. The third-order valence-corrected chi connectivity index (χ3v) is 8.30. The van der Waals surface area contributed by atoms with Crippen LogP contribution in [0.25, 0.3) is 33.4 Å². The lowest BCUT2D eigenvalue weighted by Gasteiger charge is -2.21. The van der Waals surface area contributed by atoms with Crippen molar-refractivity contribution >= 4 is 38.4 Å². The van der Waals surface area contributed by atoms with E-state index in [2.05, 4.69) is 5.32 Å². The summed E-state index contributed by atoms with van der Waals surface area (Å²) in [5, 5.41) is 3.43. The van der Waals surface area contributed by atoms with Crippen molar-refractivity contribution in [3.8, 4) is 22.5 Å². The van der Waals surface area contributed by atoms with Gasteiger partial charge in [-0.2, -0.15) is 0 Å². The molecule has 214 valence electrons. The van der Waals surface area contributed by atoms with E-state index in [4.69, 9.17) is 4.42 Å². The molecule has 0 spiro atoms. The highest BCUT2D eigenvalue weighted by Crippen LogP contribution is 2.41. The van der Waals surface area contributed by atoms with E-state index in [9.17, 15) is 22.4 Å². The summed E-state index contributed by atoms with van der Waals surface area (Å²) >= 11 is 0. The van der Waals surface area contributed by atoms with Gasteiger partial charge in [-0.25, -0.2) is 12.8 Å². The molecule has 0 aliphatic carbocycles. The van der Waals surface area contributed by atoms with Crippen molar-refractivity contribution in [3.05, 3.63) is 114 Å². The van der Waals surface area contributed by atoms with E-state index >= 15 is 0 Å². The number of halogens is 1. The average molecular weight is 585 g/mol. The van der Waals surface area contributed by atoms with E-state index in [1.54, 1.807) is 55.5 Å². The second-order valence-corrected chi connectivity index (χ2v) is 11.9. The molecule has 1 N–H and O–H groups in total. The van der Waals surface area contributed by atoms with Gasteiger partial charge in [0, 0.05) is 48.2 Å². The lowest BCUT2D eigenvalue weighted by Crippen LogP contribution is -2.25. The lowest BCUT2D eigenvalue weighted by molar-refractivity contribution is 0.0949. The minimum absolute atomic E-state index is 0.159. The molecule has 1 aromatic heterocycles. The van der Waals surface area contributed by atoms with Crippen molar-refractivity contribution in [1.29, 1.82) is 0 Å². The van der Waals surface area contributed by atoms with Crippen molar-refractivity contribution in [2.75, 3.05) is 17.6 Å². The number of benzene rings is 4. The highest BCUT2D eigenvalue weighted by atomic mass is 32.2. The zero-order chi connectivity index (χ0) is 30.0. The van der Waals surface area contributed by atoms with Crippen LogP contribution in [0.5, 0.6) is 0 Å². The highest BCUT2D eigenvalue weighted by molar-refractivity contribution is 7.92. The van der Waals surface area contributed by atoms with Gasteiger partial charge in [0.1, 0.15) is 17.2 Å². The first-order valence-corrected chi connectivity index (χ1v) is 15.2. The monoisotopic (exact) mass is 584 g/mol. The third kappa shape index (κ3) is 5.82. The molecular formula is C33H29FN2O5S. The van der Waals surface area contributed by atoms with Crippen molar-refractivity contribution in [2.45, 2.75) is 19.9 Å². The van der Waals surface area contributed by atoms with Gasteiger partial charge in [0.25, 0.3) is 5.91 Å². The number of hydrogen-bond acceptors (Lipinski definition) is 5. The molecular weight excluding hydrogens is 555 g/mol. The van der Waals surface area contributed by atoms with Gasteiger partial charge in [0.15, 0.2) is 5.78 Å². The molecule has 0 saturated carbocycles. The predicted molar refractivity (Wildman–Crippen MR) is 163 cm³/mol. The number of nitrogens with zero attached hydrogens (tertiary/aromatic N) is 1. The maximum Gasteiger partial charge on any atom is 0.251 e. The molecule has 5 rings (SSSR count). The van der Waals surface area contributed by atoms with Crippen LogP contribution in [0.1, 0.15) is 39.6 Å². The summed E-state index contributed by atoms with van der Waals surface area (Å²) in [7, 11) is -2.20. The zero-order valence-corrected chi connectivity index (χ0v) is 24.2. The molecule has 0 atom stereocenters. The number of carbonyl (C=O) groups is 2. The first-order valence-electron chi connectivity index (χ1n) is 13.3. The van der Waals surface area contributed by atoms with Gasteiger partial charge in [0.05, 0.1) is 17.5 Å². The van der Waals surface area contributed by atoms with Crippen LogP contribution >= 0.6 is 0 Å². The largest absolute Gasteiger partial charge is 0.455 e. The van der Waals surface area contributed by atoms with Crippen molar-refractivity contribution in [3.63, 3.8) is 0 Å². The quantitative estimate of drug-likeness (QED) is 0.192. The lowest BCUT2D eigenvalue weighted by atomic mass is 9.96. The number of anilines is 1. The van der Waals surface area contributed by atoms with Crippen LogP contribution in [-0.2, 0) is 16.6 Å². The molecule has 0 aliphatic rings. The number of furan rings is 1. The Morgan fingerprint density at radius 2 is 1.55 bits per heavy atom. The topological polar surface area (TPSA) is 96.7 Å². The second-order valence-electron chi connectivity index (χ2n) is 9.93. The van der Waals surface area contributed by atoms with Crippen molar-refractivity contribution in [2.24, 2.45) is 0 Å². The molecule has 0 fully saturated rings. The summed E-state index contributed by atoms with van der Waals surface area (Å²) in [6.07, 6.45) is 1.32. The molecule has 42 heavy (non-hydrogen) atoms. The Balaban J connectivity index is 1.59. The Morgan fingerprint density at radius 1 is 0.905 bits per heavy atom. The Hall–Kier alpha value is -4.76. The van der Waals surface area contributed by atoms with Gasteiger partial charge in [-0.05, 0) is 53.6 Å². The average Bonchev–Trinajstić information content (AvgIpc) is 3.37. The minimum atomic E-state index is -3.65. The molecule has 0 saturated heterocycles. The van der Waals surface area contributed by atoms with E-state index in [1.807, 2.05) is 30.3 Å². The van der Waals surface area contributed by atoms with Crippen molar-refractivity contribution in [1.82, 2.24) is 5.32 Å². The maximum atomic E-state index is 13.6. The van der Waals surface area contributed by atoms with Gasteiger partial charge in [-0.15, -0.1) is 0 Å². The summed E-state index contributed by atoms with van der Waals surface area (Å²) in [6, 6.07) is 25.3. The minimum Gasteiger partial charge on any atom is -0.455 e. The van der Waals surface area contributed by atoms with Crippen LogP contribution in [0, 0.1) is 5.82 Å². The number of sulfonamides is 1. The van der Waals surface area contributed by atoms with Gasteiger partial charge in [-0.1, -0.05) is 49.4 Å². The SMILES string of the molecule is CCC(=O)c1c(-c2ccc(F)cc2)oc2cc(N(C)S(C)(=O)=O)c(-c3ccc(CNC(=O)c4ccccc4)cc3)cc12. The van der Waals surface area contributed by atoms with Crippen LogP contribution in [-0.4, -0.2) is 33.4 Å². The fourth-order valence-corrected chi connectivity index (χ4v) is 5.25. The van der Waals surface area contributed by atoms with Gasteiger partial charge in [0.2, 0.25) is 10.0 Å². The van der Waals surface area contributed by atoms with Crippen molar-refractivity contribution < 1.29 is 26.8 Å². The number of amides is 1. The summed E-state index contributed by atoms with van der Waals surface area (Å²) in [5.41, 5.74) is 4.29. The Labute approximate surface area is 243 Å². The van der Waals surface area contributed by atoms with E-state index in [1.165, 1.54) is 19.2 Å². The van der Waals surface area contributed by atoms with Crippen LogP contribution in [0.2, 0.25) is 0 Å².